The molecule has 1 aromatic heterocycles. The zero-order chi connectivity index (χ0) is 28.7. The molecule has 1 unspecified atom stereocenters. The topological polar surface area (TPSA) is 140 Å². The van der Waals surface area contributed by atoms with Crippen molar-refractivity contribution in [2.75, 3.05) is 30.9 Å². The average molecular weight is 544 g/mol. The van der Waals surface area contributed by atoms with Gasteiger partial charge in [0.05, 0.1) is 18.1 Å². The summed E-state index contributed by atoms with van der Waals surface area (Å²) in [5.74, 6) is -0.512. The summed E-state index contributed by atoms with van der Waals surface area (Å²) in [5.41, 5.74) is 6.66. The van der Waals surface area contributed by atoms with Crippen LogP contribution >= 0.6 is 0 Å². The van der Waals surface area contributed by atoms with Gasteiger partial charge in [-0.25, -0.2) is 9.80 Å². The van der Waals surface area contributed by atoms with Crippen molar-refractivity contribution in [3.8, 4) is 6.01 Å². The van der Waals surface area contributed by atoms with Gasteiger partial charge in [-0.05, 0) is 64.6 Å². The third kappa shape index (κ3) is 8.16. The van der Waals surface area contributed by atoms with Crippen molar-refractivity contribution in [3.05, 3.63) is 45.5 Å². The van der Waals surface area contributed by atoms with E-state index in [4.69, 9.17) is 15.2 Å². The first kappa shape index (κ1) is 29.9. The van der Waals surface area contributed by atoms with E-state index >= 15 is 0 Å². The maximum Gasteiger partial charge on any atom is 0.429 e. The SMILES string of the molecule is CCCCOc1nc(N)c([N+](=O)[O-])c(N(Cc2cccc(CN3CCCC3C)c2)N(C)C(=O)OC(C)(C)C)n1. The maximum atomic E-state index is 13.1. The van der Waals surface area contributed by atoms with Gasteiger partial charge in [0, 0.05) is 19.6 Å². The Morgan fingerprint density at radius 1 is 1.28 bits per heavy atom. The third-order valence-electron chi connectivity index (χ3n) is 6.45. The van der Waals surface area contributed by atoms with E-state index in [1.54, 1.807) is 20.8 Å². The molecular weight excluding hydrogens is 502 g/mol. The highest BCUT2D eigenvalue weighted by Gasteiger charge is 2.33. The van der Waals surface area contributed by atoms with Crippen molar-refractivity contribution in [3.63, 3.8) is 0 Å². The van der Waals surface area contributed by atoms with E-state index in [2.05, 4.69) is 27.9 Å². The van der Waals surface area contributed by atoms with Gasteiger partial charge in [-0.1, -0.05) is 37.6 Å². The molecule has 2 heterocycles. The van der Waals surface area contributed by atoms with Crippen LogP contribution in [0.3, 0.4) is 0 Å². The van der Waals surface area contributed by atoms with Gasteiger partial charge in [-0.3, -0.25) is 20.0 Å². The molecule has 0 radical (unpaired) electrons. The molecule has 3 rings (SSSR count). The number of carbonyl (C=O) groups excluding carboxylic acids is 1. The number of nitrogen functional groups attached to an aromatic ring is 1. The van der Waals surface area contributed by atoms with E-state index in [1.807, 2.05) is 25.1 Å². The van der Waals surface area contributed by atoms with Crippen LogP contribution in [0.4, 0.5) is 22.1 Å². The highest BCUT2D eigenvalue weighted by atomic mass is 16.6. The van der Waals surface area contributed by atoms with E-state index in [-0.39, 0.29) is 24.2 Å². The van der Waals surface area contributed by atoms with Crippen molar-refractivity contribution < 1.29 is 19.2 Å². The summed E-state index contributed by atoms with van der Waals surface area (Å²) in [6.07, 6.45) is 3.28. The van der Waals surface area contributed by atoms with E-state index in [0.29, 0.717) is 12.6 Å². The molecule has 0 saturated carbocycles. The van der Waals surface area contributed by atoms with Gasteiger partial charge < -0.3 is 15.2 Å². The molecule has 1 fully saturated rings. The molecule has 1 aliphatic rings. The Kier molecular flexibility index (Phi) is 9.90. The smallest absolute Gasteiger partial charge is 0.429 e. The van der Waals surface area contributed by atoms with Gasteiger partial charge in [0.1, 0.15) is 5.60 Å². The molecule has 214 valence electrons. The first-order valence-corrected chi connectivity index (χ1v) is 13.4. The van der Waals surface area contributed by atoms with Gasteiger partial charge in [0.2, 0.25) is 11.6 Å². The molecule has 0 bridgehead atoms. The van der Waals surface area contributed by atoms with Crippen LogP contribution in [0.25, 0.3) is 0 Å². The predicted octanol–water partition coefficient (Wildman–Crippen LogP) is 4.92. The summed E-state index contributed by atoms with van der Waals surface area (Å²) in [6.45, 7) is 11.7. The van der Waals surface area contributed by atoms with Gasteiger partial charge >= 0.3 is 17.8 Å². The second-order valence-electron chi connectivity index (χ2n) is 10.9. The number of nitro groups is 1. The summed E-state index contributed by atoms with van der Waals surface area (Å²) in [6, 6.07) is 8.36. The summed E-state index contributed by atoms with van der Waals surface area (Å²) in [5, 5.41) is 14.7. The molecular formula is C27H41N7O5. The van der Waals surface area contributed by atoms with Crippen LogP contribution in [0, 0.1) is 10.1 Å². The van der Waals surface area contributed by atoms with Gasteiger partial charge in [0.25, 0.3) is 0 Å². The molecule has 1 amide bonds. The Morgan fingerprint density at radius 3 is 2.62 bits per heavy atom. The Morgan fingerprint density at radius 2 is 2.00 bits per heavy atom. The molecule has 1 aliphatic heterocycles. The number of benzene rings is 1. The quantitative estimate of drug-likeness (QED) is 0.236. The van der Waals surface area contributed by atoms with E-state index < -0.39 is 22.3 Å². The number of unbranched alkanes of at least 4 members (excludes halogenated alkanes) is 1. The van der Waals surface area contributed by atoms with Crippen molar-refractivity contribution in [1.82, 2.24) is 19.9 Å². The summed E-state index contributed by atoms with van der Waals surface area (Å²) >= 11 is 0. The number of anilines is 2. The number of hydrazine groups is 1. The molecule has 0 spiro atoms. The largest absolute Gasteiger partial charge is 0.463 e. The lowest BCUT2D eigenvalue weighted by Gasteiger charge is -2.34. The fourth-order valence-electron chi connectivity index (χ4n) is 4.38. The van der Waals surface area contributed by atoms with Gasteiger partial charge in [-0.15, -0.1) is 0 Å². The Balaban J connectivity index is 2.03. The number of aromatic nitrogens is 2. The van der Waals surface area contributed by atoms with Crippen LogP contribution in [0.15, 0.2) is 24.3 Å². The normalized spacial score (nSPS) is 15.7. The zero-order valence-corrected chi connectivity index (χ0v) is 23.8. The van der Waals surface area contributed by atoms with Gasteiger partial charge in [0.15, 0.2) is 0 Å². The van der Waals surface area contributed by atoms with Crippen LogP contribution < -0.4 is 15.5 Å². The lowest BCUT2D eigenvalue weighted by Crippen LogP contribution is -2.46. The van der Waals surface area contributed by atoms with Crippen LogP contribution in [-0.2, 0) is 17.8 Å². The Hall–Kier alpha value is -3.67. The number of likely N-dealkylation sites (tertiary alicyclic amines) is 1. The summed E-state index contributed by atoms with van der Waals surface area (Å²) in [7, 11) is 1.48. The molecule has 12 heteroatoms. The van der Waals surface area contributed by atoms with E-state index in [1.165, 1.54) is 29.9 Å². The van der Waals surface area contributed by atoms with Crippen LogP contribution in [0.1, 0.15) is 71.4 Å². The Labute approximate surface area is 230 Å². The number of nitrogens with two attached hydrogens (primary N) is 1. The fourth-order valence-corrected chi connectivity index (χ4v) is 4.38. The monoisotopic (exact) mass is 543 g/mol. The third-order valence-corrected chi connectivity index (χ3v) is 6.45. The number of nitrogens with zero attached hydrogens (tertiary/aromatic N) is 6. The number of ether oxygens (including phenoxy) is 2. The second kappa shape index (κ2) is 12.9. The molecule has 1 atom stereocenters. The minimum absolute atomic E-state index is 0.0881. The van der Waals surface area contributed by atoms with Crippen molar-refractivity contribution >= 4 is 23.4 Å². The first-order chi connectivity index (χ1) is 18.4. The minimum atomic E-state index is -0.783. The number of hydrogen-bond donors (Lipinski definition) is 1. The molecule has 12 nitrogen and oxygen atoms in total. The van der Waals surface area contributed by atoms with Crippen molar-refractivity contribution in [2.45, 2.75) is 85.0 Å². The first-order valence-electron chi connectivity index (χ1n) is 13.4. The Bertz CT molecular complexity index is 1150. The standard InChI is InChI=1S/C27H41N7O5/c1-7-8-15-38-25-29-23(28)22(34(36)37)24(30-25)33(31(6)26(35)39-27(3,4)5)18-21-13-9-12-20(16-21)17-32-14-10-11-19(32)2/h9,12-13,16,19H,7-8,10-11,14-15,17-18H2,1-6H3,(H2,28,29,30). The molecule has 2 N–H and O–H groups in total. The highest BCUT2D eigenvalue weighted by molar-refractivity contribution is 5.75. The summed E-state index contributed by atoms with van der Waals surface area (Å²) < 4.78 is 11.2. The van der Waals surface area contributed by atoms with Crippen molar-refractivity contribution in [2.24, 2.45) is 0 Å². The summed E-state index contributed by atoms with van der Waals surface area (Å²) in [4.78, 5) is 35.4. The molecule has 0 aliphatic carbocycles. The van der Waals surface area contributed by atoms with Gasteiger partial charge in [-0.2, -0.15) is 9.97 Å². The second-order valence-corrected chi connectivity index (χ2v) is 10.9. The maximum absolute atomic E-state index is 13.1. The number of rotatable bonds is 11. The van der Waals surface area contributed by atoms with Crippen LogP contribution in [0.2, 0.25) is 0 Å². The number of hydrogen-bond acceptors (Lipinski definition) is 10. The lowest BCUT2D eigenvalue weighted by molar-refractivity contribution is -0.383. The lowest BCUT2D eigenvalue weighted by atomic mass is 10.1. The van der Waals surface area contributed by atoms with Crippen molar-refractivity contribution in [1.29, 1.82) is 0 Å². The molecule has 39 heavy (non-hydrogen) atoms. The van der Waals surface area contributed by atoms with E-state index in [9.17, 15) is 14.9 Å². The molecule has 2 aromatic rings. The minimum Gasteiger partial charge on any atom is -0.463 e. The van der Waals surface area contributed by atoms with Crippen LogP contribution in [-0.4, -0.2) is 62.7 Å². The highest BCUT2D eigenvalue weighted by Crippen LogP contribution is 2.35. The zero-order valence-electron chi connectivity index (χ0n) is 23.8. The predicted molar refractivity (Wildman–Crippen MR) is 149 cm³/mol. The number of amides is 1. The molecule has 1 aromatic carbocycles. The average Bonchev–Trinajstić information content (AvgIpc) is 3.25. The number of carbonyl (C=O) groups is 1. The fraction of sp³-hybridized carbons (Fsp3) is 0.593. The van der Waals surface area contributed by atoms with E-state index in [0.717, 1.165) is 37.1 Å². The van der Waals surface area contributed by atoms with Crippen LogP contribution in [0.5, 0.6) is 6.01 Å². The molecule has 1 saturated heterocycles.